The fraction of sp³-hybridized carbons (Fsp3) is 0.200. The number of allylic oxidation sites excluding steroid dienone is 4. The number of carbonyl (C=O) groups is 1. The van der Waals surface area contributed by atoms with Gasteiger partial charge in [-0.15, -0.1) is 0 Å². The van der Waals surface area contributed by atoms with Crippen molar-refractivity contribution in [3.63, 3.8) is 0 Å². The summed E-state index contributed by atoms with van der Waals surface area (Å²) in [7, 11) is 0. The predicted molar refractivity (Wildman–Crippen MR) is 81.2 cm³/mol. The first kappa shape index (κ1) is 17.1. The summed E-state index contributed by atoms with van der Waals surface area (Å²) < 4.78 is 0. The molecule has 1 heterocycles. The van der Waals surface area contributed by atoms with Crippen molar-refractivity contribution in [1.29, 1.82) is 0 Å². The number of pyridine rings is 1. The van der Waals surface area contributed by atoms with Crippen molar-refractivity contribution in [3.8, 4) is 0 Å². The topological polar surface area (TPSA) is 42.0 Å². The van der Waals surface area contributed by atoms with E-state index in [1.54, 1.807) is 24.3 Å². The first-order valence-corrected chi connectivity index (χ1v) is 6.43. The van der Waals surface area contributed by atoms with Crippen molar-refractivity contribution in [2.75, 3.05) is 0 Å². The molecule has 0 radical (unpaired) electrons. The van der Waals surface area contributed by atoms with Gasteiger partial charge in [0.15, 0.2) is 0 Å². The second-order valence-corrected chi connectivity index (χ2v) is 3.56. The van der Waals surface area contributed by atoms with E-state index in [4.69, 9.17) is 11.6 Å². The van der Waals surface area contributed by atoms with Gasteiger partial charge in [-0.1, -0.05) is 44.2 Å². The van der Waals surface area contributed by atoms with Gasteiger partial charge in [-0.3, -0.25) is 4.79 Å². The Bertz CT molecular complexity index is 462. The van der Waals surface area contributed by atoms with Crippen LogP contribution in [-0.4, -0.2) is 10.9 Å². The van der Waals surface area contributed by atoms with E-state index in [1.807, 2.05) is 32.9 Å². The lowest BCUT2D eigenvalue weighted by Crippen LogP contribution is -2.21. The predicted octanol–water partition coefficient (Wildman–Crippen LogP) is 4.14. The van der Waals surface area contributed by atoms with Gasteiger partial charge in [0, 0.05) is 11.9 Å². The second-order valence-electron chi connectivity index (χ2n) is 3.18. The van der Waals surface area contributed by atoms with Crippen LogP contribution in [-0.2, 0) is 0 Å². The Labute approximate surface area is 119 Å². The number of amides is 1. The van der Waals surface area contributed by atoms with Gasteiger partial charge in [0.05, 0.1) is 5.56 Å². The quantitative estimate of drug-likeness (QED) is 0.664. The summed E-state index contributed by atoms with van der Waals surface area (Å²) in [5, 5.41) is 3.06. The van der Waals surface area contributed by atoms with E-state index in [1.165, 1.54) is 6.20 Å². The van der Waals surface area contributed by atoms with Crippen LogP contribution in [0.4, 0.5) is 0 Å². The number of nitrogens with one attached hydrogen (secondary N) is 1. The Morgan fingerprint density at radius 2 is 2.11 bits per heavy atom. The number of carbonyl (C=O) groups excluding carboxylic acids is 1. The number of rotatable bonds is 4. The van der Waals surface area contributed by atoms with Crippen LogP contribution < -0.4 is 5.32 Å². The Morgan fingerprint density at radius 3 is 2.58 bits per heavy atom. The highest BCUT2D eigenvalue weighted by molar-refractivity contribution is 6.29. The molecule has 0 spiro atoms. The van der Waals surface area contributed by atoms with Crippen molar-refractivity contribution in [2.45, 2.75) is 20.8 Å². The molecular formula is C15H19ClN2O. The summed E-state index contributed by atoms with van der Waals surface area (Å²) in [6.07, 6.45) is 8.43. The molecule has 4 heteroatoms. The molecule has 0 saturated heterocycles. The number of aromatic nitrogens is 1. The van der Waals surface area contributed by atoms with Crippen LogP contribution in [0, 0.1) is 0 Å². The van der Waals surface area contributed by atoms with Gasteiger partial charge in [0.25, 0.3) is 5.91 Å². The van der Waals surface area contributed by atoms with Gasteiger partial charge in [0.2, 0.25) is 0 Å². The summed E-state index contributed by atoms with van der Waals surface area (Å²) in [5.41, 5.74) is 1.07. The molecular weight excluding hydrogens is 260 g/mol. The van der Waals surface area contributed by atoms with Gasteiger partial charge < -0.3 is 5.32 Å². The third-order valence-corrected chi connectivity index (χ3v) is 2.16. The van der Waals surface area contributed by atoms with Crippen LogP contribution in [0.1, 0.15) is 31.1 Å². The van der Waals surface area contributed by atoms with Gasteiger partial charge in [-0.05, 0) is 31.2 Å². The van der Waals surface area contributed by atoms with Gasteiger partial charge in [-0.25, -0.2) is 4.98 Å². The fourth-order valence-electron chi connectivity index (χ4n) is 1.07. The zero-order valence-corrected chi connectivity index (χ0v) is 12.2. The largest absolute Gasteiger partial charge is 0.322 e. The maximum absolute atomic E-state index is 11.8. The van der Waals surface area contributed by atoms with Crippen molar-refractivity contribution in [1.82, 2.24) is 10.3 Å². The molecule has 3 nitrogen and oxygen atoms in total. The van der Waals surface area contributed by atoms with E-state index in [2.05, 4.69) is 16.9 Å². The first-order valence-electron chi connectivity index (χ1n) is 6.05. The van der Waals surface area contributed by atoms with Crippen molar-refractivity contribution in [3.05, 3.63) is 65.6 Å². The molecule has 0 unspecified atom stereocenters. The van der Waals surface area contributed by atoms with E-state index in [-0.39, 0.29) is 5.91 Å². The lowest BCUT2D eigenvalue weighted by atomic mass is 10.2. The molecule has 0 aliphatic heterocycles. The van der Waals surface area contributed by atoms with Crippen molar-refractivity contribution < 1.29 is 4.79 Å². The van der Waals surface area contributed by atoms with Crippen LogP contribution in [0.15, 0.2) is 54.9 Å². The number of nitrogens with zero attached hydrogens (tertiary/aromatic N) is 1. The van der Waals surface area contributed by atoms with Crippen molar-refractivity contribution in [2.24, 2.45) is 0 Å². The van der Waals surface area contributed by atoms with Crippen LogP contribution in [0.2, 0.25) is 5.15 Å². The lowest BCUT2D eigenvalue weighted by molar-refractivity contribution is 0.0967. The maximum atomic E-state index is 11.8. The van der Waals surface area contributed by atoms with Crippen LogP contribution in [0.3, 0.4) is 0 Å². The first-order chi connectivity index (χ1) is 9.17. The standard InChI is InChI=1S/C13H13ClN2O.C2H6/c1-3-5-6-11(4-2)16-13(17)10-7-8-12(14)15-9-10;1-2/h3-9H,2H2,1H3,(H,16,17);1-2H3/b5-3-,11-6+;. The van der Waals surface area contributed by atoms with E-state index in [0.717, 1.165) is 0 Å². The van der Waals surface area contributed by atoms with E-state index in [0.29, 0.717) is 16.4 Å². The molecule has 1 aromatic rings. The summed E-state index contributed by atoms with van der Waals surface area (Å²) >= 11 is 5.64. The summed E-state index contributed by atoms with van der Waals surface area (Å²) in [4.78, 5) is 15.6. The van der Waals surface area contributed by atoms with E-state index < -0.39 is 0 Å². The second kappa shape index (κ2) is 10.1. The molecule has 0 atom stereocenters. The summed E-state index contributed by atoms with van der Waals surface area (Å²) in [5.74, 6) is -0.246. The Balaban J connectivity index is 0.00000154. The molecule has 1 aromatic heterocycles. The Hall–Kier alpha value is -1.87. The summed E-state index contributed by atoms with van der Waals surface area (Å²) in [6, 6.07) is 3.18. The van der Waals surface area contributed by atoms with Crippen LogP contribution in [0.25, 0.3) is 0 Å². The Kier molecular flexibility index (Phi) is 9.10. The molecule has 1 N–H and O–H groups in total. The zero-order valence-electron chi connectivity index (χ0n) is 11.5. The number of hydrogen-bond acceptors (Lipinski definition) is 2. The fourth-order valence-corrected chi connectivity index (χ4v) is 1.19. The molecule has 102 valence electrons. The molecule has 0 aliphatic carbocycles. The molecule has 0 fully saturated rings. The highest BCUT2D eigenvalue weighted by Crippen LogP contribution is 2.05. The molecule has 0 aliphatic rings. The molecule has 0 aromatic carbocycles. The zero-order chi connectivity index (χ0) is 14.7. The Morgan fingerprint density at radius 1 is 1.42 bits per heavy atom. The smallest absolute Gasteiger partial charge is 0.257 e. The molecule has 1 rings (SSSR count). The SMILES string of the molecule is C=C/C(=C\C=C/C)NC(=O)c1ccc(Cl)nc1.CC. The van der Waals surface area contributed by atoms with Crippen LogP contribution in [0.5, 0.6) is 0 Å². The van der Waals surface area contributed by atoms with E-state index >= 15 is 0 Å². The lowest BCUT2D eigenvalue weighted by Gasteiger charge is -2.04. The van der Waals surface area contributed by atoms with Crippen LogP contribution >= 0.6 is 11.6 Å². The number of hydrogen-bond donors (Lipinski definition) is 1. The third kappa shape index (κ3) is 6.58. The molecule has 0 bridgehead atoms. The minimum Gasteiger partial charge on any atom is -0.322 e. The van der Waals surface area contributed by atoms with Gasteiger partial charge >= 0.3 is 0 Å². The van der Waals surface area contributed by atoms with E-state index in [9.17, 15) is 4.79 Å². The summed E-state index contributed by atoms with van der Waals surface area (Å²) in [6.45, 7) is 9.51. The normalized spacial score (nSPS) is 10.6. The number of halogens is 1. The maximum Gasteiger partial charge on any atom is 0.257 e. The van der Waals surface area contributed by atoms with Gasteiger partial charge in [0.1, 0.15) is 5.15 Å². The highest BCUT2D eigenvalue weighted by atomic mass is 35.5. The monoisotopic (exact) mass is 278 g/mol. The average molecular weight is 279 g/mol. The minimum atomic E-state index is -0.246. The molecule has 1 amide bonds. The minimum absolute atomic E-state index is 0.246. The third-order valence-electron chi connectivity index (χ3n) is 1.94. The highest BCUT2D eigenvalue weighted by Gasteiger charge is 2.05. The molecule has 0 saturated carbocycles. The molecule has 19 heavy (non-hydrogen) atoms. The average Bonchev–Trinajstić information content (AvgIpc) is 2.46. The van der Waals surface area contributed by atoms with Crippen molar-refractivity contribution >= 4 is 17.5 Å². The van der Waals surface area contributed by atoms with Gasteiger partial charge in [-0.2, -0.15) is 0 Å².